The molecule has 0 radical (unpaired) electrons. The Morgan fingerprint density at radius 3 is 2.53 bits per heavy atom. The maximum Gasteiger partial charge on any atom is 0.141 e. The highest BCUT2D eigenvalue weighted by atomic mass is 19.1. The molecular weight excluding hydrogens is 215 g/mol. The molecule has 1 heterocycles. The van der Waals surface area contributed by atoms with Crippen molar-refractivity contribution in [3.63, 3.8) is 0 Å². The number of pyridine rings is 1. The molecule has 0 bridgehead atoms. The molecule has 2 rings (SSSR count). The summed E-state index contributed by atoms with van der Waals surface area (Å²) in [5.74, 6) is -0.300. The largest absolute Gasteiger partial charge is 0.381 e. The molecule has 3 heteroatoms. The lowest BCUT2D eigenvalue weighted by molar-refractivity contribution is 0.619. The Morgan fingerprint density at radius 2 is 1.88 bits per heavy atom. The van der Waals surface area contributed by atoms with Crippen LogP contribution in [0.4, 0.5) is 10.1 Å². The van der Waals surface area contributed by atoms with E-state index in [2.05, 4.69) is 29.4 Å². The van der Waals surface area contributed by atoms with E-state index in [1.165, 1.54) is 17.8 Å². The maximum atomic E-state index is 12.9. The summed E-state index contributed by atoms with van der Waals surface area (Å²) in [4.78, 5) is 3.81. The van der Waals surface area contributed by atoms with Gasteiger partial charge in [-0.2, -0.15) is 0 Å². The van der Waals surface area contributed by atoms with Crippen LogP contribution in [-0.4, -0.2) is 4.98 Å². The van der Waals surface area contributed by atoms with Crippen molar-refractivity contribution in [2.45, 2.75) is 19.9 Å². The summed E-state index contributed by atoms with van der Waals surface area (Å²) in [7, 11) is 0. The van der Waals surface area contributed by atoms with Crippen LogP contribution in [0.15, 0.2) is 42.7 Å². The van der Waals surface area contributed by atoms with Crippen LogP contribution >= 0.6 is 0 Å². The lowest BCUT2D eigenvalue weighted by atomic mass is 10.1. The summed E-state index contributed by atoms with van der Waals surface area (Å²) in [6.45, 7) is 2.71. The van der Waals surface area contributed by atoms with Crippen LogP contribution in [0.2, 0.25) is 0 Å². The molecule has 1 aromatic carbocycles. The van der Waals surface area contributed by atoms with Crippen molar-refractivity contribution >= 4 is 5.69 Å². The molecule has 0 saturated carbocycles. The average Bonchev–Trinajstić information content (AvgIpc) is 2.37. The Morgan fingerprint density at radius 1 is 1.12 bits per heavy atom. The third-order valence-electron chi connectivity index (χ3n) is 2.62. The van der Waals surface area contributed by atoms with E-state index in [1.807, 2.05) is 12.1 Å². The zero-order chi connectivity index (χ0) is 12.1. The number of nitrogens with one attached hydrogen (secondary N) is 1. The Bertz CT molecular complexity index is 480. The quantitative estimate of drug-likeness (QED) is 0.870. The van der Waals surface area contributed by atoms with Crippen molar-refractivity contribution < 1.29 is 4.39 Å². The number of rotatable bonds is 4. The molecule has 88 valence electrons. The van der Waals surface area contributed by atoms with Crippen molar-refractivity contribution in [2.24, 2.45) is 0 Å². The second-order valence-electron chi connectivity index (χ2n) is 3.92. The molecule has 2 nitrogen and oxygen atoms in total. The number of aryl methyl sites for hydroxylation is 1. The Kier molecular flexibility index (Phi) is 3.70. The van der Waals surface area contributed by atoms with Crippen LogP contribution in [0.1, 0.15) is 18.1 Å². The summed E-state index contributed by atoms with van der Waals surface area (Å²) < 4.78 is 12.9. The van der Waals surface area contributed by atoms with E-state index in [1.54, 1.807) is 6.20 Å². The summed E-state index contributed by atoms with van der Waals surface area (Å²) in [5.41, 5.74) is 3.18. The van der Waals surface area contributed by atoms with Crippen LogP contribution in [-0.2, 0) is 13.0 Å². The summed E-state index contributed by atoms with van der Waals surface area (Å²) >= 11 is 0. The van der Waals surface area contributed by atoms with Gasteiger partial charge in [-0.1, -0.05) is 19.1 Å². The van der Waals surface area contributed by atoms with E-state index in [4.69, 9.17) is 0 Å². The number of nitrogens with zero attached hydrogens (tertiary/aromatic N) is 1. The Labute approximate surface area is 101 Å². The number of hydrogen-bond acceptors (Lipinski definition) is 2. The molecule has 0 fully saturated rings. The predicted octanol–water partition coefficient (Wildman–Crippen LogP) is 3.40. The van der Waals surface area contributed by atoms with Crippen LogP contribution in [0.3, 0.4) is 0 Å². The minimum Gasteiger partial charge on any atom is -0.381 e. The van der Waals surface area contributed by atoms with E-state index < -0.39 is 0 Å². The fourth-order valence-corrected chi connectivity index (χ4v) is 1.61. The van der Waals surface area contributed by atoms with Crippen molar-refractivity contribution in [1.29, 1.82) is 0 Å². The molecule has 0 aliphatic carbocycles. The van der Waals surface area contributed by atoms with E-state index in [9.17, 15) is 4.39 Å². The van der Waals surface area contributed by atoms with Gasteiger partial charge in [0.1, 0.15) is 5.82 Å². The van der Waals surface area contributed by atoms with Crippen molar-refractivity contribution in [2.75, 3.05) is 5.32 Å². The zero-order valence-electron chi connectivity index (χ0n) is 9.78. The highest BCUT2D eigenvalue weighted by Gasteiger charge is 1.97. The second-order valence-corrected chi connectivity index (χ2v) is 3.92. The SMILES string of the molecule is CCc1ccc(NCc2cncc(F)c2)cc1. The third kappa shape index (κ3) is 3.28. The van der Waals surface area contributed by atoms with E-state index in [-0.39, 0.29) is 5.82 Å². The molecule has 17 heavy (non-hydrogen) atoms. The van der Waals surface area contributed by atoms with Gasteiger partial charge in [0.25, 0.3) is 0 Å². The smallest absolute Gasteiger partial charge is 0.141 e. The third-order valence-corrected chi connectivity index (χ3v) is 2.62. The van der Waals surface area contributed by atoms with Crippen LogP contribution in [0, 0.1) is 5.82 Å². The predicted molar refractivity (Wildman–Crippen MR) is 67.3 cm³/mol. The van der Waals surface area contributed by atoms with Gasteiger partial charge in [0.2, 0.25) is 0 Å². The van der Waals surface area contributed by atoms with Gasteiger partial charge in [-0.15, -0.1) is 0 Å². The van der Waals surface area contributed by atoms with Gasteiger partial charge in [-0.3, -0.25) is 4.98 Å². The maximum absolute atomic E-state index is 12.9. The molecule has 1 aromatic heterocycles. The Balaban J connectivity index is 1.97. The lowest BCUT2D eigenvalue weighted by Gasteiger charge is -2.07. The molecule has 0 unspecified atom stereocenters. The number of anilines is 1. The van der Waals surface area contributed by atoms with Gasteiger partial charge >= 0.3 is 0 Å². The van der Waals surface area contributed by atoms with Crippen molar-refractivity contribution in [3.05, 3.63) is 59.7 Å². The molecule has 0 atom stereocenters. The van der Waals surface area contributed by atoms with Gasteiger partial charge in [-0.05, 0) is 35.7 Å². The number of hydrogen-bond donors (Lipinski definition) is 1. The molecule has 2 aromatic rings. The van der Waals surface area contributed by atoms with E-state index in [0.717, 1.165) is 17.7 Å². The highest BCUT2D eigenvalue weighted by Crippen LogP contribution is 2.11. The van der Waals surface area contributed by atoms with Gasteiger partial charge in [0.15, 0.2) is 0 Å². The van der Waals surface area contributed by atoms with Crippen molar-refractivity contribution in [3.8, 4) is 0 Å². The number of aromatic nitrogens is 1. The summed E-state index contributed by atoms with van der Waals surface area (Å²) in [6, 6.07) is 9.73. The monoisotopic (exact) mass is 230 g/mol. The summed E-state index contributed by atoms with van der Waals surface area (Å²) in [6.07, 6.45) is 3.91. The summed E-state index contributed by atoms with van der Waals surface area (Å²) in [5, 5.41) is 3.23. The van der Waals surface area contributed by atoms with Gasteiger partial charge < -0.3 is 5.32 Å². The van der Waals surface area contributed by atoms with Gasteiger partial charge in [-0.25, -0.2) is 4.39 Å². The number of halogens is 1. The molecule has 0 aliphatic rings. The van der Waals surface area contributed by atoms with E-state index >= 15 is 0 Å². The van der Waals surface area contributed by atoms with Crippen molar-refractivity contribution in [1.82, 2.24) is 4.98 Å². The molecule has 1 N–H and O–H groups in total. The Hall–Kier alpha value is -1.90. The molecule has 0 saturated heterocycles. The first-order chi connectivity index (χ1) is 8.28. The number of benzene rings is 1. The fourth-order valence-electron chi connectivity index (χ4n) is 1.61. The van der Waals surface area contributed by atoms with Crippen LogP contribution in [0.25, 0.3) is 0 Å². The highest BCUT2D eigenvalue weighted by molar-refractivity contribution is 5.45. The average molecular weight is 230 g/mol. The van der Waals surface area contributed by atoms with Crippen LogP contribution in [0.5, 0.6) is 0 Å². The minimum absolute atomic E-state index is 0.300. The molecular formula is C14H15FN2. The first-order valence-corrected chi connectivity index (χ1v) is 5.70. The zero-order valence-corrected chi connectivity index (χ0v) is 9.78. The van der Waals surface area contributed by atoms with Gasteiger partial charge in [0, 0.05) is 18.4 Å². The lowest BCUT2D eigenvalue weighted by Crippen LogP contribution is -2.00. The topological polar surface area (TPSA) is 24.9 Å². The first kappa shape index (κ1) is 11.6. The molecule has 0 aliphatic heterocycles. The van der Waals surface area contributed by atoms with Crippen LogP contribution < -0.4 is 5.32 Å². The van der Waals surface area contributed by atoms with E-state index in [0.29, 0.717) is 6.54 Å². The second kappa shape index (κ2) is 5.43. The molecule has 0 amide bonds. The first-order valence-electron chi connectivity index (χ1n) is 5.70. The van der Waals surface area contributed by atoms with Gasteiger partial charge in [0.05, 0.1) is 6.20 Å². The molecule has 0 spiro atoms. The fraction of sp³-hybridized carbons (Fsp3) is 0.214. The standard InChI is InChI=1S/C14H15FN2/c1-2-11-3-5-14(6-4-11)17-9-12-7-13(15)10-16-8-12/h3-8,10,17H,2,9H2,1H3. The normalized spacial score (nSPS) is 10.2. The minimum atomic E-state index is -0.300.